The highest BCUT2D eigenvalue weighted by molar-refractivity contribution is 6.33. The zero-order valence-corrected chi connectivity index (χ0v) is 17.4. The lowest BCUT2D eigenvalue weighted by atomic mass is 9.96. The van der Waals surface area contributed by atoms with E-state index in [1.165, 1.54) is 0 Å². The molecule has 0 aliphatic rings. The summed E-state index contributed by atoms with van der Waals surface area (Å²) in [7, 11) is 5.10. The Hall–Kier alpha value is -2.21. The molecule has 0 spiro atoms. The van der Waals surface area contributed by atoms with Gasteiger partial charge in [0.2, 0.25) is 5.91 Å². The second kappa shape index (κ2) is 9.65. The molecule has 6 nitrogen and oxygen atoms in total. The van der Waals surface area contributed by atoms with E-state index in [9.17, 15) is 4.79 Å². The van der Waals surface area contributed by atoms with Crippen molar-refractivity contribution in [1.82, 2.24) is 14.9 Å². The molecule has 1 amide bonds. The molecule has 148 valence electrons. The molecule has 0 bridgehead atoms. The van der Waals surface area contributed by atoms with Crippen LogP contribution in [0.1, 0.15) is 36.8 Å². The van der Waals surface area contributed by atoms with E-state index in [1.807, 2.05) is 30.7 Å². The standard InChI is InChI=1S/C20H28ClN3O3/c1-13(10-15-7-8-16(26-4)20(27-5)19(15)21)6-9-18(25)23-12-17-22-11-14(2)24(17)3/h7-8,11,13H,6,9-10,12H2,1-5H3,(H,23,25). The first-order valence-corrected chi connectivity index (χ1v) is 9.38. The molecule has 0 saturated carbocycles. The smallest absolute Gasteiger partial charge is 0.220 e. The van der Waals surface area contributed by atoms with Crippen molar-refractivity contribution < 1.29 is 14.3 Å². The summed E-state index contributed by atoms with van der Waals surface area (Å²) in [6.45, 7) is 4.54. The molecule has 0 radical (unpaired) electrons. The molecular weight excluding hydrogens is 366 g/mol. The maximum Gasteiger partial charge on any atom is 0.220 e. The number of nitrogens with zero attached hydrogens (tertiary/aromatic N) is 2. The van der Waals surface area contributed by atoms with Crippen LogP contribution in [0.25, 0.3) is 0 Å². The van der Waals surface area contributed by atoms with E-state index < -0.39 is 0 Å². The summed E-state index contributed by atoms with van der Waals surface area (Å²) < 4.78 is 12.6. The van der Waals surface area contributed by atoms with Crippen LogP contribution in [-0.2, 0) is 24.8 Å². The lowest BCUT2D eigenvalue weighted by Crippen LogP contribution is -2.24. The monoisotopic (exact) mass is 393 g/mol. The molecule has 2 rings (SSSR count). The summed E-state index contributed by atoms with van der Waals surface area (Å²) >= 11 is 6.44. The van der Waals surface area contributed by atoms with Crippen molar-refractivity contribution in [2.24, 2.45) is 13.0 Å². The van der Waals surface area contributed by atoms with Crippen molar-refractivity contribution in [3.8, 4) is 11.5 Å². The fourth-order valence-electron chi connectivity index (χ4n) is 2.92. The van der Waals surface area contributed by atoms with Crippen LogP contribution in [0.2, 0.25) is 5.02 Å². The van der Waals surface area contributed by atoms with Gasteiger partial charge in [-0.1, -0.05) is 24.6 Å². The molecule has 1 heterocycles. The van der Waals surface area contributed by atoms with E-state index in [4.69, 9.17) is 21.1 Å². The number of hydrogen-bond donors (Lipinski definition) is 1. The number of aryl methyl sites for hydroxylation is 1. The molecule has 0 aliphatic carbocycles. The Morgan fingerprint density at radius 1 is 1.33 bits per heavy atom. The molecule has 2 aromatic rings. The molecule has 0 saturated heterocycles. The number of hydrogen-bond acceptors (Lipinski definition) is 4. The number of benzene rings is 1. The van der Waals surface area contributed by atoms with Gasteiger partial charge in [-0.25, -0.2) is 4.98 Å². The van der Waals surface area contributed by atoms with Crippen LogP contribution in [0.4, 0.5) is 0 Å². The molecular formula is C20H28ClN3O3. The van der Waals surface area contributed by atoms with Crippen LogP contribution in [0.3, 0.4) is 0 Å². The summed E-state index contributed by atoms with van der Waals surface area (Å²) in [4.78, 5) is 16.4. The van der Waals surface area contributed by atoms with Gasteiger partial charge in [-0.05, 0) is 37.3 Å². The lowest BCUT2D eigenvalue weighted by molar-refractivity contribution is -0.121. The van der Waals surface area contributed by atoms with Gasteiger partial charge in [-0.2, -0.15) is 0 Å². The van der Waals surface area contributed by atoms with E-state index in [1.54, 1.807) is 20.4 Å². The van der Waals surface area contributed by atoms with Gasteiger partial charge in [-0.3, -0.25) is 4.79 Å². The molecule has 0 aliphatic heterocycles. The van der Waals surface area contributed by atoms with Gasteiger partial charge in [0, 0.05) is 25.4 Å². The molecule has 0 fully saturated rings. The van der Waals surface area contributed by atoms with Crippen molar-refractivity contribution in [3.05, 3.63) is 40.4 Å². The number of ether oxygens (including phenoxy) is 2. The number of imidazole rings is 1. The van der Waals surface area contributed by atoms with Crippen LogP contribution in [0.15, 0.2) is 18.3 Å². The molecule has 27 heavy (non-hydrogen) atoms. The summed E-state index contributed by atoms with van der Waals surface area (Å²) in [5.41, 5.74) is 2.06. The Morgan fingerprint density at radius 3 is 2.67 bits per heavy atom. The van der Waals surface area contributed by atoms with Crippen molar-refractivity contribution in [2.45, 2.75) is 39.7 Å². The summed E-state index contributed by atoms with van der Waals surface area (Å²) in [5, 5.41) is 3.50. The first kappa shape index (κ1) is 21.1. The summed E-state index contributed by atoms with van der Waals surface area (Å²) in [6, 6.07) is 3.80. The zero-order valence-electron chi connectivity index (χ0n) is 16.6. The zero-order chi connectivity index (χ0) is 20.0. The predicted octanol–water partition coefficient (Wildman–Crippen LogP) is 3.67. The Kier molecular flexibility index (Phi) is 7.54. The van der Waals surface area contributed by atoms with Gasteiger partial charge in [0.05, 0.1) is 25.8 Å². The first-order chi connectivity index (χ1) is 12.9. The molecule has 1 aromatic carbocycles. The minimum Gasteiger partial charge on any atom is -0.493 e. The molecule has 1 N–H and O–H groups in total. The van der Waals surface area contributed by atoms with Gasteiger partial charge in [0.1, 0.15) is 5.82 Å². The van der Waals surface area contributed by atoms with Crippen molar-refractivity contribution >= 4 is 17.5 Å². The van der Waals surface area contributed by atoms with Crippen LogP contribution in [-0.4, -0.2) is 29.7 Å². The third-order valence-corrected chi connectivity index (χ3v) is 5.17. The maximum absolute atomic E-state index is 12.1. The number of rotatable bonds is 9. The number of amides is 1. The maximum atomic E-state index is 12.1. The van der Waals surface area contributed by atoms with Crippen molar-refractivity contribution in [1.29, 1.82) is 0 Å². The third-order valence-electron chi connectivity index (χ3n) is 4.76. The van der Waals surface area contributed by atoms with E-state index in [0.29, 0.717) is 35.4 Å². The number of nitrogens with one attached hydrogen (secondary N) is 1. The van der Waals surface area contributed by atoms with Crippen LogP contribution >= 0.6 is 11.6 Å². The van der Waals surface area contributed by atoms with Gasteiger partial charge in [0.15, 0.2) is 11.5 Å². The third kappa shape index (κ3) is 5.39. The quantitative estimate of drug-likeness (QED) is 0.705. The van der Waals surface area contributed by atoms with Crippen molar-refractivity contribution in [3.63, 3.8) is 0 Å². The number of halogens is 1. The van der Waals surface area contributed by atoms with E-state index in [-0.39, 0.29) is 5.91 Å². The normalized spacial score (nSPS) is 11.9. The minimum atomic E-state index is 0.0286. The summed E-state index contributed by atoms with van der Waals surface area (Å²) in [6.07, 6.45) is 3.81. The first-order valence-electron chi connectivity index (χ1n) is 9.00. The second-order valence-corrected chi connectivity index (χ2v) is 7.15. The Bertz CT molecular complexity index is 789. The van der Waals surface area contributed by atoms with Crippen LogP contribution in [0.5, 0.6) is 11.5 Å². The predicted molar refractivity (Wildman–Crippen MR) is 106 cm³/mol. The highest BCUT2D eigenvalue weighted by Gasteiger charge is 2.16. The number of carbonyl (C=O) groups excluding carboxylic acids is 1. The van der Waals surface area contributed by atoms with Crippen molar-refractivity contribution in [2.75, 3.05) is 14.2 Å². The van der Waals surface area contributed by atoms with E-state index in [2.05, 4.69) is 17.2 Å². The van der Waals surface area contributed by atoms with Gasteiger partial charge in [0.25, 0.3) is 0 Å². The Balaban J connectivity index is 1.84. The fourth-order valence-corrected chi connectivity index (χ4v) is 3.23. The second-order valence-electron chi connectivity index (χ2n) is 6.77. The van der Waals surface area contributed by atoms with E-state index >= 15 is 0 Å². The highest BCUT2D eigenvalue weighted by atomic mass is 35.5. The van der Waals surface area contributed by atoms with Gasteiger partial charge < -0.3 is 19.4 Å². The number of methoxy groups -OCH3 is 2. The molecule has 1 atom stereocenters. The van der Waals surface area contributed by atoms with Crippen LogP contribution < -0.4 is 14.8 Å². The largest absolute Gasteiger partial charge is 0.493 e. The summed E-state index contributed by atoms with van der Waals surface area (Å²) in [5.74, 6) is 2.35. The number of aromatic nitrogens is 2. The highest BCUT2D eigenvalue weighted by Crippen LogP contribution is 2.38. The molecule has 1 unspecified atom stereocenters. The Morgan fingerprint density at radius 2 is 2.07 bits per heavy atom. The van der Waals surface area contributed by atoms with Gasteiger partial charge >= 0.3 is 0 Å². The topological polar surface area (TPSA) is 65.4 Å². The minimum absolute atomic E-state index is 0.0286. The fraction of sp³-hybridized carbons (Fsp3) is 0.500. The molecule has 7 heteroatoms. The lowest BCUT2D eigenvalue weighted by Gasteiger charge is -2.16. The van der Waals surface area contributed by atoms with Gasteiger partial charge in [-0.15, -0.1) is 0 Å². The Labute approximate surface area is 165 Å². The van der Waals surface area contributed by atoms with E-state index in [0.717, 1.165) is 29.9 Å². The number of carbonyl (C=O) groups is 1. The van der Waals surface area contributed by atoms with Crippen LogP contribution in [0, 0.1) is 12.8 Å². The average molecular weight is 394 g/mol. The molecule has 1 aromatic heterocycles. The average Bonchev–Trinajstić information content (AvgIpc) is 2.98. The SMILES string of the molecule is COc1ccc(CC(C)CCC(=O)NCc2ncc(C)n2C)c(Cl)c1OC.